The number of carboxylic acid groups (broad SMARTS) is 1. The van der Waals surface area contributed by atoms with Crippen molar-refractivity contribution in [3.63, 3.8) is 0 Å². The first kappa shape index (κ1) is 17.1. The highest BCUT2D eigenvalue weighted by Crippen LogP contribution is 2.40. The largest absolute Gasteiger partial charge is 0.481 e. The van der Waals surface area contributed by atoms with Crippen molar-refractivity contribution in [1.82, 2.24) is 4.57 Å². The molecule has 1 aliphatic carbocycles. The van der Waals surface area contributed by atoms with Gasteiger partial charge in [0, 0.05) is 34.1 Å². The zero-order valence-corrected chi connectivity index (χ0v) is 15.0. The predicted molar refractivity (Wildman–Crippen MR) is 100 cm³/mol. The summed E-state index contributed by atoms with van der Waals surface area (Å²) in [6.45, 7) is 0.591. The number of aliphatic carboxylic acids is 1. The van der Waals surface area contributed by atoms with Crippen LogP contribution in [0.1, 0.15) is 42.0 Å². The number of benzene rings is 2. The van der Waals surface area contributed by atoms with Gasteiger partial charge in [-0.1, -0.05) is 23.7 Å². The van der Waals surface area contributed by atoms with E-state index in [9.17, 15) is 14.3 Å². The third kappa shape index (κ3) is 3.10. The molecule has 0 radical (unpaired) electrons. The van der Waals surface area contributed by atoms with Gasteiger partial charge in [0.25, 0.3) is 0 Å². The molecule has 0 bridgehead atoms. The second-order valence-electron chi connectivity index (χ2n) is 6.93. The van der Waals surface area contributed by atoms with Crippen LogP contribution in [0.3, 0.4) is 0 Å². The maximum absolute atomic E-state index is 13.9. The Morgan fingerprint density at radius 3 is 2.88 bits per heavy atom. The molecule has 134 valence electrons. The van der Waals surface area contributed by atoms with Crippen molar-refractivity contribution in [1.29, 1.82) is 0 Å². The predicted octanol–water partition coefficient (Wildman–Crippen LogP) is 5.38. The number of aromatic nitrogens is 1. The Bertz CT molecular complexity index is 995. The summed E-state index contributed by atoms with van der Waals surface area (Å²) in [6, 6.07) is 12.5. The average molecular weight is 372 g/mol. The fraction of sp³-hybridized carbons (Fsp3) is 0.286. The molecule has 26 heavy (non-hydrogen) atoms. The minimum atomic E-state index is -0.798. The van der Waals surface area contributed by atoms with Gasteiger partial charge in [0.1, 0.15) is 5.82 Å². The van der Waals surface area contributed by atoms with Gasteiger partial charge in [0.2, 0.25) is 0 Å². The molecule has 3 aromatic rings. The molecule has 0 saturated heterocycles. The quantitative estimate of drug-likeness (QED) is 0.669. The average Bonchev–Trinajstić information content (AvgIpc) is 2.89. The molecule has 0 spiro atoms. The number of nitrogens with zero attached hydrogens (tertiary/aromatic N) is 1. The third-order valence-electron chi connectivity index (χ3n) is 5.19. The van der Waals surface area contributed by atoms with Crippen molar-refractivity contribution in [2.75, 3.05) is 0 Å². The topological polar surface area (TPSA) is 42.2 Å². The number of halogens is 2. The van der Waals surface area contributed by atoms with Gasteiger partial charge in [-0.05, 0) is 60.7 Å². The van der Waals surface area contributed by atoms with E-state index in [1.807, 2.05) is 24.3 Å². The van der Waals surface area contributed by atoms with E-state index in [-0.39, 0.29) is 18.2 Å². The van der Waals surface area contributed by atoms with Crippen LogP contribution < -0.4 is 0 Å². The molecule has 1 atom stereocenters. The minimum absolute atomic E-state index is 0.0501. The number of aryl methyl sites for hydroxylation is 1. The van der Waals surface area contributed by atoms with Crippen LogP contribution in [-0.2, 0) is 17.8 Å². The summed E-state index contributed by atoms with van der Waals surface area (Å²) >= 11 is 6.13. The van der Waals surface area contributed by atoms with E-state index < -0.39 is 5.97 Å². The molecule has 1 N–H and O–H groups in total. The minimum Gasteiger partial charge on any atom is -0.481 e. The molecule has 1 heterocycles. The molecule has 1 aliphatic rings. The molecule has 0 fully saturated rings. The molecule has 2 aromatic carbocycles. The standard InChI is InChI=1S/C21H19ClFNO2/c22-15-5-1-3-13(9-15)12-24-19-8-7-16(23)11-18(19)17-6-2-4-14(21(17)24)10-20(25)26/h1,3,5,7-9,11,14H,2,4,6,10,12H2,(H,25,26). The number of rotatable bonds is 4. The fourth-order valence-electron chi connectivity index (χ4n) is 4.21. The number of hydrogen-bond acceptors (Lipinski definition) is 1. The van der Waals surface area contributed by atoms with Crippen LogP contribution in [-0.4, -0.2) is 15.6 Å². The van der Waals surface area contributed by atoms with Crippen LogP contribution in [0, 0.1) is 5.82 Å². The summed E-state index contributed by atoms with van der Waals surface area (Å²) in [5, 5.41) is 10.9. The molecule has 1 aromatic heterocycles. The molecule has 3 nitrogen and oxygen atoms in total. The van der Waals surface area contributed by atoms with Gasteiger partial charge < -0.3 is 9.67 Å². The third-order valence-corrected chi connectivity index (χ3v) is 5.43. The van der Waals surface area contributed by atoms with Crippen LogP contribution in [0.15, 0.2) is 42.5 Å². The Balaban J connectivity index is 1.90. The second-order valence-corrected chi connectivity index (χ2v) is 7.36. The smallest absolute Gasteiger partial charge is 0.304 e. The molecule has 4 rings (SSSR count). The van der Waals surface area contributed by atoms with Crippen LogP contribution >= 0.6 is 11.6 Å². The van der Waals surface area contributed by atoms with E-state index >= 15 is 0 Å². The van der Waals surface area contributed by atoms with Gasteiger partial charge >= 0.3 is 5.97 Å². The molecule has 0 saturated carbocycles. The van der Waals surface area contributed by atoms with Gasteiger partial charge in [-0.2, -0.15) is 0 Å². The van der Waals surface area contributed by atoms with E-state index in [0.717, 1.165) is 47.0 Å². The Kier molecular flexibility index (Phi) is 4.45. The lowest BCUT2D eigenvalue weighted by molar-refractivity contribution is -0.137. The Morgan fingerprint density at radius 1 is 1.27 bits per heavy atom. The number of carboxylic acids is 1. The van der Waals surface area contributed by atoms with Crippen molar-refractivity contribution in [3.8, 4) is 0 Å². The molecule has 0 amide bonds. The van der Waals surface area contributed by atoms with Gasteiger partial charge in [0.15, 0.2) is 0 Å². The first-order chi connectivity index (χ1) is 12.5. The summed E-state index contributed by atoms with van der Waals surface area (Å²) < 4.78 is 16.0. The van der Waals surface area contributed by atoms with Gasteiger partial charge in [-0.25, -0.2) is 4.39 Å². The van der Waals surface area contributed by atoms with Gasteiger partial charge in [-0.3, -0.25) is 4.79 Å². The Morgan fingerprint density at radius 2 is 2.12 bits per heavy atom. The van der Waals surface area contributed by atoms with Crippen molar-refractivity contribution < 1.29 is 14.3 Å². The highest BCUT2D eigenvalue weighted by atomic mass is 35.5. The highest BCUT2D eigenvalue weighted by molar-refractivity contribution is 6.30. The van der Waals surface area contributed by atoms with Crippen LogP contribution in [0.25, 0.3) is 10.9 Å². The maximum atomic E-state index is 13.9. The number of hydrogen-bond donors (Lipinski definition) is 1. The van der Waals surface area contributed by atoms with Gasteiger partial charge in [-0.15, -0.1) is 0 Å². The molecule has 5 heteroatoms. The van der Waals surface area contributed by atoms with Crippen molar-refractivity contribution >= 4 is 28.5 Å². The van der Waals surface area contributed by atoms with Gasteiger partial charge in [0.05, 0.1) is 6.42 Å². The summed E-state index contributed by atoms with van der Waals surface area (Å²) in [5.41, 5.74) is 4.13. The monoisotopic (exact) mass is 371 g/mol. The first-order valence-corrected chi connectivity index (χ1v) is 9.17. The van der Waals surface area contributed by atoms with Crippen molar-refractivity contribution in [3.05, 3.63) is 70.1 Å². The van der Waals surface area contributed by atoms with E-state index in [1.54, 1.807) is 12.1 Å². The van der Waals surface area contributed by atoms with Crippen LogP contribution in [0.5, 0.6) is 0 Å². The van der Waals surface area contributed by atoms with E-state index in [0.29, 0.717) is 11.6 Å². The summed E-state index contributed by atoms with van der Waals surface area (Å²) in [4.78, 5) is 11.4. The van der Waals surface area contributed by atoms with E-state index in [4.69, 9.17) is 11.6 Å². The second kappa shape index (κ2) is 6.76. The van der Waals surface area contributed by atoms with Crippen LogP contribution in [0.2, 0.25) is 5.02 Å². The molecular weight excluding hydrogens is 353 g/mol. The normalized spacial score (nSPS) is 16.6. The Labute approximate surface area is 156 Å². The van der Waals surface area contributed by atoms with Crippen molar-refractivity contribution in [2.24, 2.45) is 0 Å². The van der Waals surface area contributed by atoms with E-state index in [1.165, 1.54) is 6.07 Å². The Hall–Kier alpha value is -2.33. The van der Waals surface area contributed by atoms with Crippen molar-refractivity contribution in [2.45, 2.75) is 38.1 Å². The highest BCUT2D eigenvalue weighted by Gasteiger charge is 2.29. The van der Waals surface area contributed by atoms with E-state index in [2.05, 4.69) is 4.57 Å². The zero-order valence-electron chi connectivity index (χ0n) is 14.2. The lowest BCUT2D eigenvalue weighted by Crippen LogP contribution is -2.17. The summed E-state index contributed by atoms with van der Waals surface area (Å²) in [5.74, 6) is -1.11. The SMILES string of the molecule is O=C(O)CC1CCCc2c1n(Cc1cccc(Cl)c1)c1ccc(F)cc21. The number of fused-ring (bicyclic) bond motifs is 3. The lowest BCUT2D eigenvalue weighted by atomic mass is 9.84. The summed E-state index contributed by atoms with van der Waals surface area (Å²) in [6.07, 6.45) is 2.72. The maximum Gasteiger partial charge on any atom is 0.304 e. The zero-order chi connectivity index (χ0) is 18.3. The molecular formula is C21H19ClFNO2. The summed E-state index contributed by atoms with van der Waals surface area (Å²) in [7, 11) is 0. The lowest BCUT2D eigenvalue weighted by Gasteiger charge is -2.24. The molecule has 1 unspecified atom stereocenters. The first-order valence-electron chi connectivity index (χ1n) is 8.79. The molecule has 0 aliphatic heterocycles. The van der Waals surface area contributed by atoms with Crippen LogP contribution in [0.4, 0.5) is 4.39 Å². The number of carbonyl (C=O) groups is 1. The fourth-order valence-corrected chi connectivity index (χ4v) is 4.42.